The highest BCUT2D eigenvalue weighted by molar-refractivity contribution is 6.74. The third-order valence-electron chi connectivity index (χ3n) is 4.26. The molecule has 0 radical (unpaired) electrons. The Morgan fingerprint density at radius 2 is 1.53 bits per heavy atom. The second kappa shape index (κ2) is 8.43. The molecule has 0 aliphatic carbocycles. The summed E-state index contributed by atoms with van der Waals surface area (Å²) < 4.78 is 6.51. The summed E-state index contributed by atoms with van der Waals surface area (Å²) in [5, 5.41) is 9.31. The summed E-state index contributed by atoms with van der Waals surface area (Å²) in [7, 11) is -1.68. The van der Waals surface area contributed by atoms with E-state index in [9.17, 15) is 0 Å². The molecule has 0 aliphatic rings. The van der Waals surface area contributed by atoms with Crippen LogP contribution < -0.4 is 0 Å². The topological polar surface area (TPSA) is 29.5 Å². The molecule has 0 aliphatic heterocycles. The summed E-state index contributed by atoms with van der Waals surface area (Å²) in [5.41, 5.74) is 0. The van der Waals surface area contributed by atoms with Crippen LogP contribution in [0.1, 0.15) is 66.7 Å². The minimum atomic E-state index is -1.68. The van der Waals surface area contributed by atoms with E-state index < -0.39 is 8.32 Å². The third-order valence-corrected chi connectivity index (χ3v) is 8.79. The van der Waals surface area contributed by atoms with Gasteiger partial charge in [-0.3, -0.25) is 0 Å². The minimum absolute atomic E-state index is 0.266. The average molecular weight is 289 g/mol. The zero-order chi connectivity index (χ0) is 15.1. The quantitative estimate of drug-likeness (QED) is 0.607. The van der Waals surface area contributed by atoms with Crippen LogP contribution in [0.15, 0.2) is 0 Å². The van der Waals surface area contributed by atoms with E-state index in [0.29, 0.717) is 6.10 Å². The molecule has 1 N–H and O–H groups in total. The van der Waals surface area contributed by atoms with Crippen molar-refractivity contribution in [3.05, 3.63) is 0 Å². The highest BCUT2D eigenvalue weighted by Gasteiger charge is 2.38. The van der Waals surface area contributed by atoms with E-state index in [-0.39, 0.29) is 11.6 Å². The molecular weight excluding hydrogens is 252 g/mol. The average Bonchev–Trinajstić information content (AvgIpc) is 2.23. The first-order valence-electron chi connectivity index (χ1n) is 7.89. The summed E-state index contributed by atoms with van der Waals surface area (Å²) in [6.45, 7) is 16.3. The number of aliphatic hydroxyl groups is 1. The Balaban J connectivity index is 4.41. The van der Waals surface area contributed by atoms with Crippen LogP contribution in [0.4, 0.5) is 0 Å². The van der Waals surface area contributed by atoms with Gasteiger partial charge in [0.2, 0.25) is 0 Å². The van der Waals surface area contributed by atoms with Crippen LogP contribution in [-0.2, 0) is 4.43 Å². The molecule has 0 saturated carbocycles. The number of hydrogen-bond donors (Lipinski definition) is 1. The fourth-order valence-corrected chi connectivity index (χ4v) is 3.35. The van der Waals surface area contributed by atoms with Crippen molar-refractivity contribution in [2.75, 3.05) is 6.61 Å². The van der Waals surface area contributed by atoms with Gasteiger partial charge in [0.05, 0.1) is 0 Å². The van der Waals surface area contributed by atoms with Gasteiger partial charge in [0.1, 0.15) is 0 Å². The lowest BCUT2D eigenvalue weighted by Crippen LogP contribution is -2.44. The van der Waals surface area contributed by atoms with Crippen LogP contribution in [0, 0.1) is 5.92 Å². The van der Waals surface area contributed by atoms with Crippen molar-refractivity contribution in [1.82, 2.24) is 0 Å². The second-order valence-electron chi connectivity index (χ2n) is 7.69. The van der Waals surface area contributed by atoms with Gasteiger partial charge in [-0.25, -0.2) is 0 Å². The van der Waals surface area contributed by atoms with Gasteiger partial charge in [0.15, 0.2) is 8.32 Å². The standard InChI is InChI=1S/C16H36O2Si/c1-14(2)10-8-11-15(12-9-13-17)18-19(6,7)16(3,4)5/h14-15,17H,8-13H2,1-7H3/t15-/m1/s1. The second-order valence-corrected chi connectivity index (χ2v) is 12.4. The van der Waals surface area contributed by atoms with Crippen LogP contribution in [-0.4, -0.2) is 26.1 Å². The first-order valence-corrected chi connectivity index (χ1v) is 10.8. The molecule has 0 aromatic carbocycles. The Hall–Kier alpha value is 0.137. The number of rotatable bonds is 9. The Kier molecular flexibility index (Phi) is 8.49. The summed E-state index contributed by atoms with van der Waals surface area (Å²) in [6.07, 6.45) is 5.86. The van der Waals surface area contributed by atoms with E-state index in [1.165, 1.54) is 12.8 Å². The smallest absolute Gasteiger partial charge is 0.192 e. The molecule has 0 bridgehead atoms. The van der Waals surface area contributed by atoms with Crippen molar-refractivity contribution in [1.29, 1.82) is 0 Å². The van der Waals surface area contributed by atoms with E-state index in [1.807, 2.05) is 0 Å². The minimum Gasteiger partial charge on any atom is -0.414 e. The van der Waals surface area contributed by atoms with Crippen LogP contribution in [0.3, 0.4) is 0 Å². The Morgan fingerprint density at radius 3 is 1.95 bits per heavy atom. The summed E-state index contributed by atoms with van der Waals surface area (Å²) >= 11 is 0. The molecule has 0 unspecified atom stereocenters. The molecule has 1 atom stereocenters. The zero-order valence-corrected chi connectivity index (χ0v) is 15.3. The van der Waals surface area contributed by atoms with Gasteiger partial charge in [-0.15, -0.1) is 0 Å². The van der Waals surface area contributed by atoms with E-state index >= 15 is 0 Å². The number of aliphatic hydroxyl groups excluding tert-OH is 1. The van der Waals surface area contributed by atoms with E-state index in [0.717, 1.165) is 25.2 Å². The molecule has 0 amide bonds. The largest absolute Gasteiger partial charge is 0.414 e. The highest BCUT2D eigenvalue weighted by Crippen LogP contribution is 2.38. The first-order chi connectivity index (χ1) is 8.60. The van der Waals surface area contributed by atoms with Crippen molar-refractivity contribution in [2.45, 2.75) is 91.0 Å². The monoisotopic (exact) mass is 288 g/mol. The first kappa shape index (κ1) is 19.1. The lowest BCUT2D eigenvalue weighted by Gasteiger charge is -2.39. The highest BCUT2D eigenvalue weighted by atomic mass is 28.4. The maximum atomic E-state index is 9.04. The van der Waals surface area contributed by atoms with Crippen molar-refractivity contribution >= 4 is 8.32 Å². The van der Waals surface area contributed by atoms with Gasteiger partial charge in [0, 0.05) is 12.7 Å². The predicted molar refractivity (Wildman–Crippen MR) is 87.1 cm³/mol. The maximum Gasteiger partial charge on any atom is 0.192 e. The van der Waals surface area contributed by atoms with E-state index in [4.69, 9.17) is 9.53 Å². The molecule has 0 aromatic heterocycles. The molecule has 0 spiro atoms. The van der Waals surface area contributed by atoms with Crippen molar-refractivity contribution in [3.63, 3.8) is 0 Å². The molecule has 0 rings (SSSR count). The fourth-order valence-electron chi connectivity index (χ4n) is 1.93. The lowest BCUT2D eigenvalue weighted by molar-refractivity contribution is 0.143. The maximum absolute atomic E-state index is 9.04. The Labute approximate surface area is 122 Å². The van der Waals surface area contributed by atoms with E-state index in [1.54, 1.807) is 0 Å². The van der Waals surface area contributed by atoms with Crippen LogP contribution in [0.5, 0.6) is 0 Å². The molecule has 3 heteroatoms. The van der Waals surface area contributed by atoms with Crippen molar-refractivity contribution in [3.8, 4) is 0 Å². The fraction of sp³-hybridized carbons (Fsp3) is 1.00. The summed E-state index contributed by atoms with van der Waals surface area (Å²) in [6, 6.07) is 0. The van der Waals surface area contributed by atoms with Crippen LogP contribution in [0.2, 0.25) is 18.1 Å². The van der Waals surface area contributed by atoms with E-state index in [2.05, 4.69) is 47.7 Å². The van der Waals surface area contributed by atoms with Gasteiger partial charge in [-0.1, -0.05) is 47.5 Å². The molecule has 116 valence electrons. The molecule has 0 heterocycles. The van der Waals surface area contributed by atoms with Gasteiger partial charge in [0.25, 0.3) is 0 Å². The van der Waals surface area contributed by atoms with Gasteiger partial charge in [-0.2, -0.15) is 0 Å². The molecule has 19 heavy (non-hydrogen) atoms. The van der Waals surface area contributed by atoms with Gasteiger partial charge in [-0.05, 0) is 43.3 Å². The lowest BCUT2D eigenvalue weighted by atomic mass is 10.0. The predicted octanol–water partition coefficient (Wildman–Crippen LogP) is 4.98. The molecular formula is C16H36O2Si. The Bertz CT molecular complexity index is 231. The normalized spacial score (nSPS) is 15.0. The van der Waals surface area contributed by atoms with Crippen LogP contribution >= 0.6 is 0 Å². The molecule has 2 nitrogen and oxygen atoms in total. The van der Waals surface area contributed by atoms with Gasteiger partial charge >= 0.3 is 0 Å². The summed E-state index contributed by atoms with van der Waals surface area (Å²) in [5.74, 6) is 0.770. The molecule has 0 aromatic rings. The van der Waals surface area contributed by atoms with Crippen LogP contribution in [0.25, 0.3) is 0 Å². The SMILES string of the molecule is CC(C)CCC[C@H](CCCO)O[Si](C)(C)C(C)(C)C. The van der Waals surface area contributed by atoms with Gasteiger partial charge < -0.3 is 9.53 Å². The summed E-state index contributed by atoms with van der Waals surface area (Å²) in [4.78, 5) is 0. The molecule has 0 saturated heterocycles. The molecule has 0 fully saturated rings. The van der Waals surface area contributed by atoms with Crippen molar-refractivity contribution in [2.24, 2.45) is 5.92 Å². The van der Waals surface area contributed by atoms with Crippen molar-refractivity contribution < 1.29 is 9.53 Å². The third kappa shape index (κ3) is 8.11. The zero-order valence-electron chi connectivity index (χ0n) is 14.3. The number of hydrogen-bond acceptors (Lipinski definition) is 2. The Morgan fingerprint density at radius 1 is 1.00 bits per heavy atom.